The summed E-state index contributed by atoms with van der Waals surface area (Å²) < 4.78 is 0. The largest absolute Gasteiger partial charge is 0.395 e. The predicted molar refractivity (Wildman–Crippen MR) is 116 cm³/mol. The van der Waals surface area contributed by atoms with Crippen LogP contribution in [0.25, 0.3) is 10.8 Å². The maximum absolute atomic E-state index is 12.5. The van der Waals surface area contributed by atoms with Crippen LogP contribution in [0.3, 0.4) is 0 Å². The van der Waals surface area contributed by atoms with E-state index in [-0.39, 0.29) is 18.4 Å². The molecule has 30 heavy (non-hydrogen) atoms. The number of aliphatic hydroxyl groups excluding tert-OH is 1. The summed E-state index contributed by atoms with van der Waals surface area (Å²) in [6.07, 6.45) is 0. The smallest absolute Gasteiger partial charge is 0.261 e. The number of likely N-dealkylation sites (N-methyl/N-ethyl adjacent to an activating group) is 1. The van der Waals surface area contributed by atoms with Gasteiger partial charge in [0.1, 0.15) is 0 Å². The second kappa shape index (κ2) is 8.04. The summed E-state index contributed by atoms with van der Waals surface area (Å²) in [6, 6.07) is 16.4. The summed E-state index contributed by atoms with van der Waals surface area (Å²) in [7, 11) is 1.49. The number of hydrogen-bond donors (Lipinski definition) is 1. The van der Waals surface area contributed by atoms with Crippen molar-refractivity contribution in [3.8, 4) is 0 Å². The van der Waals surface area contributed by atoms with Gasteiger partial charge in [0.15, 0.2) is 0 Å². The number of nitrogens with zero attached hydrogens (tertiary/aromatic N) is 4. The van der Waals surface area contributed by atoms with Gasteiger partial charge in [-0.25, -0.2) is 0 Å². The molecule has 0 aromatic heterocycles. The van der Waals surface area contributed by atoms with Gasteiger partial charge in [-0.3, -0.25) is 14.5 Å². The second-order valence-electron chi connectivity index (χ2n) is 7.05. The van der Waals surface area contributed by atoms with Crippen molar-refractivity contribution in [2.45, 2.75) is 6.92 Å². The Morgan fingerprint density at radius 1 is 0.933 bits per heavy atom. The lowest BCUT2D eigenvalue weighted by molar-refractivity contribution is 0.0650. The van der Waals surface area contributed by atoms with E-state index in [1.54, 1.807) is 24.3 Å². The summed E-state index contributed by atoms with van der Waals surface area (Å²) in [6.45, 7) is 3.51. The first-order valence-corrected chi connectivity index (χ1v) is 9.81. The Balaban J connectivity index is 1.68. The topological polar surface area (TPSA) is 85.6 Å². The van der Waals surface area contributed by atoms with Gasteiger partial charge in [0.05, 0.1) is 18.0 Å². The van der Waals surface area contributed by atoms with Crippen LogP contribution in [0.2, 0.25) is 0 Å². The summed E-state index contributed by atoms with van der Waals surface area (Å²) in [5.41, 5.74) is 3.28. The van der Waals surface area contributed by atoms with Crippen molar-refractivity contribution in [3.63, 3.8) is 0 Å². The minimum absolute atomic E-state index is 0.0984. The molecule has 0 aliphatic carbocycles. The minimum atomic E-state index is -0.314. The Morgan fingerprint density at radius 3 is 2.30 bits per heavy atom. The van der Waals surface area contributed by atoms with Crippen molar-refractivity contribution < 1.29 is 14.7 Å². The summed E-state index contributed by atoms with van der Waals surface area (Å²) in [4.78, 5) is 28.2. The molecule has 0 atom stereocenters. The van der Waals surface area contributed by atoms with Gasteiger partial charge in [0, 0.05) is 47.7 Å². The highest BCUT2D eigenvalue weighted by atomic mass is 16.3. The fraction of sp³-hybridized carbons (Fsp3) is 0.217. The fourth-order valence-electron chi connectivity index (χ4n) is 3.72. The van der Waals surface area contributed by atoms with E-state index in [0.717, 1.165) is 22.5 Å². The first-order valence-electron chi connectivity index (χ1n) is 9.81. The van der Waals surface area contributed by atoms with E-state index in [2.05, 4.69) is 15.1 Å². The van der Waals surface area contributed by atoms with E-state index < -0.39 is 0 Å². The molecule has 0 radical (unpaired) electrons. The number of hydrogen-bond acceptors (Lipinski definition) is 6. The van der Waals surface area contributed by atoms with Crippen LogP contribution in [-0.2, 0) is 0 Å². The van der Waals surface area contributed by atoms with Crippen molar-refractivity contribution in [3.05, 3.63) is 65.7 Å². The van der Waals surface area contributed by atoms with Crippen molar-refractivity contribution >= 4 is 39.6 Å². The highest BCUT2D eigenvalue weighted by Gasteiger charge is 2.30. The number of rotatable bonds is 6. The molecule has 1 aliphatic heterocycles. The average Bonchev–Trinajstić information content (AvgIpc) is 2.78. The lowest BCUT2D eigenvalue weighted by Gasteiger charge is -2.23. The summed E-state index contributed by atoms with van der Waals surface area (Å²) in [5.74, 6) is -0.628. The molecule has 0 fully saturated rings. The molecule has 0 saturated carbocycles. The van der Waals surface area contributed by atoms with Gasteiger partial charge in [0.2, 0.25) is 0 Å². The molecule has 2 amide bonds. The van der Waals surface area contributed by atoms with Crippen LogP contribution in [0, 0.1) is 0 Å². The van der Waals surface area contributed by atoms with Crippen LogP contribution in [0.1, 0.15) is 27.6 Å². The molecule has 1 aliphatic rings. The van der Waals surface area contributed by atoms with Gasteiger partial charge in [0.25, 0.3) is 11.8 Å². The van der Waals surface area contributed by atoms with Crippen LogP contribution < -0.4 is 4.90 Å². The van der Waals surface area contributed by atoms with Gasteiger partial charge in [-0.2, -0.15) is 5.11 Å². The molecule has 1 heterocycles. The van der Waals surface area contributed by atoms with Crippen LogP contribution in [-0.4, -0.2) is 48.6 Å². The Labute approximate surface area is 174 Å². The van der Waals surface area contributed by atoms with E-state index in [1.807, 2.05) is 37.3 Å². The molecule has 1 N–H and O–H groups in total. The molecule has 152 valence electrons. The van der Waals surface area contributed by atoms with Gasteiger partial charge >= 0.3 is 0 Å². The van der Waals surface area contributed by atoms with E-state index in [4.69, 9.17) is 5.11 Å². The molecule has 0 spiro atoms. The van der Waals surface area contributed by atoms with Crippen molar-refractivity contribution in [1.82, 2.24) is 4.90 Å². The third kappa shape index (κ3) is 3.33. The van der Waals surface area contributed by atoms with Crippen LogP contribution >= 0.6 is 0 Å². The monoisotopic (exact) mass is 402 g/mol. The number of aliphatic hydroxyl groups is 1. The number of amides is 2. The quantitative estimate of drug-likeness (QED) is 0.492. The lowest BCUT2D eigenvalue weighted by atomic mass is 9.93. The normalized spacial score (nSPS) is 13.5. The van der Waals surface area contributed by atoms with Crippen LogP contribution in [0.4, 0.5) is 17.1 Å². The number of carbonyl (C=O) groups excluding carboxylic acids is 2. The van der Waals surface area contributed by atoms with Gasteiger partial charge in [-0.15, -0.1) is 5.11 Å². The first kappa shape index (κ1) is 19.7. The molecular formula is C23H22N4O3. The van der Waals surface area contributed by atoms with E-state index in [1.165, 1.54) is 7.05 Å². The Morgan fingerprint density at radius 2 is 1.63 bits per heavy atom. The molecule has 3 aromatic rings. The third-order valence-corrected chi connectivity index (χ3v) is 5.33. The molecule has 0 unspecified atom stereocenters. The average molecular weight is 402 g/mol. The molecule has 0 saturated heterocycles. The Bertz CT molecular complexity index is 1130. The molecule has 7 nitrogen and oxygen atoms in total. The summed E-state index contributed by atoms with van der Waals surface area (Å²) in [5, 5.41) is 19.2. The molecular weight excluding hydrogens is 380 g/mol. The van der Waals surface area contributed by atoms with Crippen molar-refractivity contribution in [1.29, 1.82) is 0 Å². The molecule has 3 aromatic carbocycles. The van der Waals surface area contributed by atoms with Gasteiger partial charge in [-0.1, -0.05) is 12.1 Å². The zero-order chi connectivity index (χ0) is 21.3. The SMILES string of the molecule is CCN(CCO)c1ccc(N=Nc2ccc3c4c(cccc24)C(=O)N(C)C3=O)cc1. The zero-order valence-corrected chi connectivity index (χ0v) is 16.9. The fourth-order valence-corrected chi connectivity index (χ4v) is 3.72. The minimum Gasteiger partial charge on any atom is -0.395 e. The third-order valence-electron chi connectivity index (χ3n) is 5.33. The molecule has 7 heteroatoms. The maximum atomic E-state index is 12.5. The lowest BCUT2D eigenvalue weighted by Crippen LogP contribution is -2.36. The highest BCUT2D eigenvalue weighted by molar-refractivity contribution is 6.26. The zero-order valence-electron chi connectivity index (χ0n) is 16.9. The summed E-state index contributed by atoms with van der Waals surface area (Å²) >= 11 is 0. The standard InChI is InChI=1S/C23H22N4O3/c1-3-27(13-14-28)16-9-7-15(8-10-16)24-25-20-12-11-19-21-17(20)5-4-6-18(21)22(29)26(2)23(19)30/h4-12,28H,3,13-14H2,1-2H3. The number of azo groups is 1. The predicted octanol–water partition coefficient (Wildman–Crippen LogP) is 4.30. The van der Waals surface area contributed by atoms with E-state index in [9.17, 15) is 9.59 Å². The van der Waals surface area contributed by atoms with E-state index in [0.29, 0.717) is 34.4 Å². The van der Waals surface area contributed by atoms with Crippen molar-refractivity contribution in [2.75, 3.05) is 31.6 Å². The highest BCUT2D eigenvalue weighted by Crippen LogP contribution is 2.36. The van der Waals surface area contributed by atoms with E-state index >= 15 is 0 Å². The molecule has 4 rings (SSSR count). The number of imide groups is 1. The van der Waals surface area contributed by atoms with Crippen LogP contribution in [0.15, 0.2) is 64.8 Å². The van der Waals surface area contributed by atoms with Gasteiger partial charge in [-0.05, 0) is 49.4 Å². The van der Waals surface area contributed by atoms with Crippen LogP contribution in [0.5, 0.6) is 0 Å². The second-order valence-corrected chi connectivity index (χ2v) is 7.05. The number of carbonyl (C=O) groups is 2. The number of anilines is 1. The van der Waals surface area contributed by atoms with Gasteiger partial charge < -0.3 is 10.0 Å². The number of benzene rings is 3. The molecule has 0 bridgehead atoms. The first-order chi connectivity index (χ1) is 14.5. The Kier molecular flexibility index (Phi) is 5.29. The van der Waals surface area contributed by atoms with Crippen molar-refractivity contribution in [2.24, 2.45) is 10.2 Å². The Hall–Kier alpha value is -3.58. The maximum Gasteiger partial charge on any atom is 0.261 e.